The van der Waals surface area contributed by atoms with Gasteiger partial charge in [0.1, 0.15) is 0 Å². The lowest BCUT2D eigenvalue weighted by Crippen LogP contribution is -2.35. The van der Waals surface area contributed by atoms with Crippen molar-refractivity contribution in [3.05, 3.63) is 29.3 Å². The molecule has 0 heterocycles. The Balaban J connectivity index is 2.11. The van der Waals surface area contributed by atoms with Gasteiger partial charge in [0.2, 0.25) is 0 Å². The van der Waals surface area contributed by atoms with Crippen LogP contribution in [0.4, 0.5) is 5.69 Å². The molecule has 102 valence electrons. The smallest absolute Gasteiger partial charge is 0.0994 e. The number of rotatable bonds is 3. The molecule has 2 nitrogen and oxygen atoms in total. The second-order valence-electron chi connectivity index (χ2n) is 6.08. The molecule has 0 amide bonds. The standard InChI is InChI=1S/C17H24N2/c1-12(2)16-6-4-5-7-17(16)19-15-9-8-14(11-18)13(3)10-15/h8-10,12,16-17,19H,4-7H2,1-3H3. The molecule has 2 heteroatoms. The first-order valence-corrected chi connectivity index (χ1v) is 7.39. The van der Waals surface area contributed by atoms with Crippen LogP contribution in [0, 0.1) is 30.1 Å². The van der Waals surface area contributed by atoms with E-state index in [0.29, 0.717) is 6.04 Å². The van der Waals surface area contributed by atoms with E-state index in [0.717, 1.165) is 28.7 Å². The number of anilines is 1. The van der Waals surface area contributed by atoms with E-state index in [4.69, 9.17) is 5.26 Å². The van der Waals surface area contributed by atoms with Crippen molar-refractivity contribution in [3.63, 3.8) is 0 Å². The van der Waals surface area contributed by atoms with Gasteiger partial charge in [-0.15, -0.1) is 0 Å². The number of benzene rings is 1. The summed E-state index contributed by atoms with van der Waals surface area (Å²) in [5.74, 6) is 1.50. The highest BCUT2D eigenvalue weighted by molar-refractivity contribution is 5.52. The van der Waals surface area contributed by atoms with Crippen LogP contribution in [-0.4, -0.2) is 6.04 Å². The first kappa shape index (κ1) is 13.9. The topological polar surface area (TPSA) is 35.8 Å². The minimum atomic E-state index is 0.584. The summed E-state index contributed by atoms with van der Waals surface area (Å²) in [5.41, 5.74) is 2.99. The molecule has 1 aromatic carbocycles. The zero-order chi connectivity index (χ0) is 13.8. The molecule has 1 aliphatic rings. The molecule has 1 saturated carbocycles. The van der Waals surface area contributed by atoms with E-state index in [2.05, 4.69) is 31.3 Å². The molecule has 0 aromatic heterocycles. The third-order valence-corrected chi connectivity index (χ3v) is 4.37. The maximum Gasteiger partial charge on any atom is 0.0994 e. The molecular weight excluding hydrogens is 232 g/mol. The van der Waals surface area contributed by atoms with E-state index in [1.54, 1.807) is 0 Å². The molecular formula is C17H24N2. The Morgan fingerprint density at radius 1 is 1.26 bits per heavy atom. The molecule has 2 unspecified atom stereocenters. The number of hydrogen-bond donors (Lipinski definition) is 1. The zero-order valence-electron chi connectivity index (χ0n) is 12.2. The largest absolute Gasteiger partial charge is 0.382 e. The predicted octanol–water partition coefficient (Wildman–Crippen LogP) is 4.49. The lowest BCUT2D eigenvalue weighted by atomic mass is 9.78. The van der Waals surface area contributed by atoms with E-state index >= 15 is 0 Å². The summed E-state index contributed by atoms with van der Waals surface area (Å²) >= 11 is 0. The summed E-state index contributed by atoms with van der Waals surface area (Å²) in [5, 5.41) is 12.7. The second kappa shape index (κ2) is 6.10. The Bertz CT molecular complexity index is 471. The normalized spacial score (nSPS) is 23.1. The molecule has 1 N–H and O–H groups in total. The van der Waals surface area contributed by atoms with Gasteiger partial charge in [-0.1, -0.05) is 26.7 Å². The van der Waals surface area contributed by atoms with Gasteiger partial charge in [-0.25, -0.2) is 0 Å². The van der Waals surface area contributed by atoms with Gasteiger partial charge in [0.15, 0.2) is 0 Å². The molecule has 0 bridgehead atoms. The van der Waals surface area contributed by atoms with Crippen LogP contribution in [0.3, 0.4) is 0 Å². The van der Waals surface area contributed by atoms with Gasteiger partial charge in [0.25, 0.3) is 0 Å². The lowest BCUT2D eigenvalue weighted by Gasteiger charge is -2.35. The van der Waals surface area contributed by atoms with E-state index in [1.807, 2.05) is 19.1 Å². The van der Waals surface area contributed by atoms with E-state index in [9.17, 15) is 0 Å². The van der Waals surface area contributed by atoms with Crippen LogP contribution in [0.1, 0.15) is 50.7 Å². The molecule has 1 aromatic rings. The lowest BCUT2D eigenvalue weighted by molar-refractivity contribution is 0.254. The van der Waals surface area contributed by atoms with Crippen LogP contribution < -0.4 is 5.32 Å². The first-order chi connectivity index (χ1) is 9.11. The van der Waals surface area contributed by atoms with Crippen molar-refractivity contribution in [2.75, 3.05) is 5.32 Å². The third kappa shape index (κ3) is 3.29. The van der Waals surface area contributed by atoms with E-state index < -0.39 is 0 Å². The summed E-state index contributed by atoms with van der Waals surface area (Å²) in [4.78, 5) is 0. The van der Waals surface area contributed by atoms with Crippen LogP contribution in [0.2, 0.25) is 0 Å². The van der Waals surface area contributed by atoms with Crippen molar-refractivity contribution in [1.29, 1.82) is 5.26 Å². The van der Waals surface area contributed by atoms with Crippen LogP contribution in [-0.2, 0) is 0 Å². The van der Waals surface area contributed by atoms with E-state index in [-0.39, 0.29) is 0 Å². The molecule has 2 atom stereocenters. The van der Waals surface area contributed by atoms with Crippen molar-refractivity contribution in [1.82, 2.24) is 0 Å². The fourth-order valence-corrected chi connectivity index (χ4v) is 3.23. The van der Waals surface area contributed by atoms with Crippen molar-refractivity contribution < 1.29 is 0 Å². The number of hydrogen-bond acceptors (Lipinski definition) is 2. The zero-order valence-corrected chi connectivity index (χ0v) is 12.2. The maximum atomic E-state index is 8.98. The van der Waals surface area contributed by atoms with Crippen molar-refractivity contribution >= 4 is 5.69 Å². The van der Waals surface area contributed by atoms with Gasteiger partial charge < -0.3 is 5.32 Å². The first-order valence-electron chi connectivity index (χ1n) is 7.39. The fraction of sp³-hybridized carbons (Fsp3) is 0.588. The number of nitriles is 1. The molecule has 1 aliphatic carbocycles. The average molecular weight is 256 g/mol. The molecule has 1 fully saturated rings. The minimum absolute atomic E-state index is 0.584. The van der Waals surface area contributed by atoms with Crippen molar-refractivity contribution in [3.8, 4) is 6.07 Å². The molecule has 0 spiro atoms. The summed E-state index contributed by atoms with van der Waals surface area (Å²) in [6.45, 7) is 6.66. The maximum absolute atomic E-state index is 8.98. The average Bonchev–Trinajstić information content (AvgIpc) is 2.39. The predicted molar refractivity (Wildman–Crippen MR) is 80.1 cm³/mol. The summed E-state index contributed by atoms with van der Waals surface area (Å²) in [6.07, 6.45) is 5.30. The van der Waals surface area contributed by atoms with Gasteiger partial charge in [0, 0.05) is 11.7 Å². The summed E-state index contributed by atoms with van der Waals surface area (Å²) in [6, 6.07) is 8.87. The minimum Gasteiger partial charge on any atom is -0.382 e. The number of nitrogens with zero attached hydrogens (tertiary/aromatic N) is 1. The monoisotopic (exact) mass is 256 g/mol. The SMILES string of the molecule is Cc1cc(NC2CCCCC2C(C)C)ccc1C#N. The van der Waals surface area contributed by atoms with Crippen LogP contribution in [0.5, 0.6) is 0 Å². The van der Waals surface area contributed by atoms with Gasteiger partial charge in [0.05, 0.1) is 11.6 Å². The Morgan fingerprint density at radius 3 is 2.63 bits per heavy atom. The van der Waals surface area contributed by atoms with Gasteiger partial charge in [-0.2, -0.15) is 5.26 Å². The Labute approximate surface area is 116 Å². The van der Waals surface area contributed by atoms with Crippen LogP contribution >= 0.6 is 0 Å². The highest BCUT2D eigenvalue weighted by atomic mass is 14.9. The Kier molecular flexibility index (Phi) is 4.47. The Hall–Kier alpha value is -1.49. The van der Waals surface area contributed by atoms with E-state index in [1.165, 1.54) is 25.7 Å². The molecule has 0 aliphatic heterocycles. The fourth-order valence-electron chi connectivity index (χ4n) is 3.23. The molecule has 0 saturated heterocycles. The second-order valence-corrected chi connectivity index (χ2v) is 6.08. The van der Waals surface area contributed by atoms with Crippen LogP contribution in [0.15, 0.2) is 18.2 Å². The highest BCUT2D eigenvalue weighted by Crippen LogP contribution is 2.32. The van der Waals surface area contributed by atoms with Gasteiger partial charge >= 0.3 is 0 Å². The number of nitrogens with one attached hydrogen (secondary N) is 1. The molecule has 0 radical (unpaired) electrons. The van der Waals surface area contributed by atoms with Gasteiger partial charge in [-0.3, -0.25) is 0 Å². The molecule has 19 heavy (non-hydrogen) atoms. The van der Waals surface area contributed by atoms with Crippen LogP contribution in [0.25, 0.3) is 0 Å². The number of aryl methyl sites for hydroxylation is 1. The summed E-state index contributed by atoms with van der Waals surface area (Å²) in [7, 11) is 0. The third-order valence-electron chi connectivity index (χ3n) is 4.37. The van der Waals surface area contributed by atoms with Gasteiger partial charge in [-0.05, 0) is 55.4 Å². The highest BCUT2D eigenvalue weighted by Gasteiger charge is 2.27. The summed E-state index contributed by atoms with van der Waals surface area (Å²) < 4.78 is 0. The van der Waals surface area contributed by atoms with Crippen molar-refractivity contribution in [2.45, 2.75) is 52.5 Å². The molecule has 2 rings (SSSR count). The quantitative estimate of drug-likeness (QED) is 0.864. The van der Waals surface area contributed by atoms with Crippen molar-refractivity contribution in [2.24, 2.45) is 11.8 Å². The Morgan fingerprint density at radius 2 is 2.00 bits per heavy atom.